The van der Waals surface area contributed by atoms with E-state index in [0.717, 1.165) is 39.1 Å². The van der Waals surface area contributed by atoms with Crippen LogP contribution in [-0.2, 0) is 14.8 Å². The molecule has 0 radical (unpaired) electrons. The van der Waals surface area contributed by atoms with E-state index in [1.165, 1.54) is 4.31 Å². The maximum Gasteiger partial charge on any atom is 0.248 e. The van der Waals surface area contributed by atoms with Gasteiger partial charge in [0.2, 0.25) is 15.9 Å². The number of nitrogens with one attached hydrogen (secondary N) is 1. The normalized spacial score (nSPS) is 21.3. The van der Waals surface area contributed by atoms with Gasteiger partial charge in [-0.3, -0.25) is 4.79 Å². The third-order valence-electron chi connectivity index (χ3n) is 6.73. The minimum Gasteiger partial charge on any atom is -0.360 e. The number of carbonyl (C=O) groups is 1. The predicted octanol–water partition coefficient (Wildman–Crippen LogP) is 1.08. The molecule has 2 saturated heterocycles. The Kier molecular flexibility index (Phi) is 8.12. The molecule has 1 aromatic rings. The summed E-state index contributed by atoms with van der Waals surface area (Å²) in [6.07, 6.45) is 2.31. The number of piperidine rings is 1. The fourth-order valence-corrected chi connectivity index (χ4v) is 6.31. The zero-order valence-corrected chi connectivity index (χ0v) is 20.1. The Morgan fingerprint density at radius 3 is 2.39 bits per heavy atom. The van der Waals surface area contributed by atoms with Crippen molar-refractivity contribution < 1.29 is 17.7 Å². The second-order valence-electron chi connectivity index (χ2n) is 8.97. The van der Waals surface area contributed by atoms with E-state index in [2.05, 4.69) is 27.3 Å². The van der Waals surface area contributed by atoms with Crippen molar-refractivity contribution in [2.24, 2.45) is 11.8 Å². The molecule has 176 valence electrons. The van der Waals surface area contributed by atoms with Crippen molar-refractivity contribution in [1.82, 2.24) is 24.6 Å². The number of rotatable bonds is 8. The maximum atomic E-state index is 13.0. The number of hydrogen-bond acceptors (Lipinski definition) is 7. The zero-order valence-electron chi connectivity index (χ0n) is 19.3. The SMILES string of the molecule is Cc1noc(C)c1S(=O)(=O)N1CCC([C@@H](C)C(=O)NCCCN2CCN(C)CC2)CC1. The smallest absolute Gasteiger partial charge is 0.248 e. The standard InChI is InChI=1S/C21H37N5O4S/c1-16(21(27)22-8-5-9-25-14-12-24(4)13-15-25)19-6-10-26(11-7-19)31(28,29)20-17(2)23-30-18(20)3/h16,19H,5-15H2,1-4H3,(H,22,27)/t16-/m1/s1. The minimum absolute atomic E-state index is 0.0745. The van der Waals surface area contributed by atoms with Crippen molar-refractivity contribution in [2.45, 2.75) is 44.9 Å². The first-order valence-electron chi connectivity index (χ1n) is 11.3. The van der Waals surface area contributed by atoms with Gasteiger partial charge in [0.25, 0.3) is 0 Å². The molecule has 10 heteroatoms. The van der Waals surface area contributed by atoms with Crippen molar-refractivity contribution in [3.05, 3.63) is 11.5 Å². The molecule has 2 aliphatic rings. The first-order chi connectivity index (χ1) is 14.7. The van der Waals surface area contributed by atoms with Crippen LogP contribution in [0.1, 0.15) is 37.6 Å². The van der Waals surface area contributed by atoms with Crippen molar-refractivity contribution in [1.29, 1.82) is 0 Å². The molecule has 0 saturated carbocycles. The number of nitrogens with zero attached hydrogens (tertiary/aromatic N) is 4. The van der Waals surface area contributed by atoms with Gasteiger partial charge >= 0.3 is 0 Å². The Morgan fingerprint density at radius 1 is 1.16 bits per heavy atom. The van der Waals surface area contributed by atoms with Crippen LogP contribution in [0.15, 0.2) is 9.42 Å². The van der Waals surface area contributed by atoms with E-state index in [0.29, 0.717) is 43.9 Å². The van der Waals surface area contributed by atoms with Gasteiger partial charge < -0.3 is 19.6 Å². The molecule has 3 rings (SSSR count). The molecule has 1 N–H and O–H groups in total. The molecule has 0 aromatic carbocycles. The summed E-state index contributed by atoms with van der Waals surface area (Å²) in [5, 5.41) is 6.85. The van der Waals surface area contributed by atoms with Crippen LogP contribution < -0.4 is 5.32 Å². The number of aryl methyl sites for hydroxylation is 2. The summed E-state index contributed by atoms with van der Waals surface area (Å²) < 4.78 is 32.5. The lowest BCUT2D eigenvalue weighted by molar-refractivity contribution is -0.126. The molecule has 0 spiro atoms. The van der Waals surface area contributed by atoms with Gasteiger partial charge in [-0.25, -0.2) is 8.42 Å². The van der Waals surface area contributed by atoms with Crippen LogP contribution in [0.25, 0.3) is 0 Å². The maximum absolute atomic E-state index is 13.0. The number of hydrogen-bond donors (Lipinski definition) is 1. The number of aromatic nitrogens is 1. The lowest BCUT2D eigenvalue weighted by Gasteiger charge is -2.34. The summed E-state index contributed by atoms with van der Waals surface area (Å²) >= 11 is 0. The Balaban J connectivity index is 1.41. The molecular formula is C21H37N5O4S. The fraction of sp³-hybridized carbons (Fsp3) is 0.810. The molecular weight excluding hydrogens is 418 g/mol. The van der Waals surface area contributed by atoms with E-state index < -0.39 is 10.0 Å². The highest BCUT2D eigenvalue weighted by Gasteiger charge is 2.36. The van der Waals surface area contributed by atoms with Crippen molar-refractivity contribution in [3.63, 3.8) is 0 Å². The molecule has 31 heavy (non-hydrogen) atoms. The largest absolute Gasteiger partial charge is 0.360 e. The average molecular weight is 456 g/mol. The van der Waals surface area contributed by atoms with Gasteiger partial charge in [0.05, 0.1) is 0 Å². The van der Waals surface area contributed by atoms with Crippen LogP contribution in [0.5, 0.6) is 0 Å². The van der Waals surface area contributed by atoms with Gasteiger partial charge in [-0.05, 0) is 52.6 Å². The van der Waals surface area contributed by atoms with Crippen LogP contribution >= 0.6 is 0 Å². The quantitative estimate of drug-likeness (QED) is 0.586. The highest BCUT2D eigenvalue weighted by molar-refractivity contribution is 7.89. The van der Waals surface area contributed by atoms with Crippen LogP contribution in [0.3, 0.4) is 0 Å². The Hall–Kier alpha value is -1.49. The van der Waals surface area contributed by atoms with Crippen LogP contribution in [0, 0.1) is 25.7 Å². The second kappa shape index (κ2) is 10.4. The predicted molar refractivity (Wildman–Crippen MR) is 118 cm³/mol. The number of likely N-dealkylation sites (N-methyl/N-ethyl adjacent to an activating group) is 1. The summed E-state index contributed by atoms with van der Waals surface area (Å²) in [4.78, 5) is 17.6. The number of sulfonamides is 1. The van der Waals surface area contributed by atoms with Crippen LogP contribution in [0.2, 0.25) is 0 Å². The number of carbonyl (C=O) groups excluding carboxylic acids is 1. The van der Waals surface area contributed by atoms with Gasteiger partial charge in [-0.1, -0.05) is 12.1 Å². The zero-order chi connectivity index (χ0) is 22.6. The van der Waals surface area contributed by atoms with Crippen molar-refractivity contribution in [2.75, 3.05) is 59.4 Å². The van der Waals surface area contributed by atoms with Gasteiger partial charge in [-0.2, -0.15) is 4.31 Å². The van der Waals surface area contributed by atoms with Crippen molar-refractivity contribution in [3.8, 4) is 0 Å². The molecule has 2 aliphatic heterocycles. The number of piperazine rings is 1. The highest BCUT2D eigenvalue weighted by Crippen LogP contribution is 2.30. The Morgan fingerprint density at radius 2 is 1.81 bits per heavy atom. The van der Waals surface area contributed by atoms with Gasteiger partial charge in [-0.15, -0.1) is 0 Å². The molecule has 1 amide bonds. The monoisotopic (exact) mass is 455 g/mol. The first kappa shape index (κ1) is 24.2. The topological polar surface area (TPSA) is 99.0 Å². The van der Waals surface area contributed by atoms with Gasteiger partial charge in [0.15, 0.2) is 5.76 Å². The van der Waals surface area contributed by atoms with E-state index >= 15 is 0 Å². The molecule has 0 aliphatic carbocycles. The van der Waals surface area contributed by atoms with Gasteiger partial charge in [0, 0.05) is 51.7 Å². The van der Waals surface area contributed by atoms with Crippen LogP contribution in [0.4, 0.5) is 0 Å². The average Bonchev–Trinajstić information content (AvgIpc) is 3.10. The van der Waals surface area contributed by atoms with E-state index in [1.54, 1.807) is 13.8 Å². The fourth-order valence-electron chi connectivity index (χ4n) is 4.55. The lowest BCUT2D eigenvalue weighted by Crippen LogP contribution is -2.45. The molecule has 9 nitrogen and oxygen atoms in total. The number of amides is 1. The van der Waals surface area contributed by atoms with E-state index in [4.69, 9.17) is 4.52 Å². The van der Waals surface area contributed by atoms with E-state index in [-0.39, 0.29) is 22.6 Å². The third kappa shape index (κ3) is 5.85. The van der Waals surface area contributed by atoms with Crippen molar-refractivity contribution >= 4 is 15.9 Å². The van der Waals surface area contributed by atoms with E-state index in [9.17, 15) is 13.2 Å². The molecule has 0 unspecified atom stereocenters. The molecule has 1 atom stereocenters. The molecule has 1 aromatic heterocycles. The molecule has 2 fully saturated rings. The van der Waals surface area contributed by atoms with Crippen LogP contribution in [-0.4, -0.2) is 93.0 Å². The first-order valence-corrected chi connectivity index (χ1v) is 12.8. The lowest BCUT2D eigenvalue weighted by atomic mass is 9.85. The summed E-state index contributed by atoms with van der Waals surface area (Å²) in [6, 6.07) is 0. The van der Waals surface area contributed by atoms with E-state index in [1.807, 2.05) is 6.92 Å². The summed E-state index contributed by atoms with van der Waals surface area (Å²) in [7, 11) is -1.46. The molecule has 0 bridgehead atoms. The Labute approximate surface area is 186 Å². The third-order valence-corrected chi connectivity index (χ3v) is 8.88. The van der Waals surface area contributed by atoms with Gasteiger partial charge in [0.1, 0.15) is 10.6 Å². The highest BCUT2D eigenvalue weighted by atomic mass is 32.2. The molecule has 3 heterocycles. The summed E-state index contributed by atoms with van der Waals surface area (Å²) in [6.45, 7) is 12.2. The second-order valence-corrected chi connectivity index (χ2v) is 10.8. The Bertz CT molecular complexity index is 820. The minimum atomic E-state index is -3.61. The summed E-state index contributed by atoms with van der Waals surface area (Å²) in [5.74, 6) is 0.468. The summed E-state index contributed by atoms with van der Waals surface area (Å²) in [5.41, 5.74) is 0.393.